The van der Waals surface area contributed by atoms with Crippen molar-refractivity contribution in [3.05, 3.63) is 90.0 Å². The molecule has 4 rings (SSSR count). The van der Waals surface area contributed by atoms with Crippen LogP contribution in [0.25, 0.3) is 0 Å². The highest BCUT2D eigenvalue weighted by molar-refractivity contribution is 5.93. The second-order valence-corrected chi connectivity index (χ2v) is 7.22. The number of halogens is 1. The summed E-state index contributed by atoms with van der Waals surface area (Å²) >= 11 is 0. The number of hydrogen-bond acceptors (Lipinski definition) is 3. The average Bonchev–Trinajstić information content (AvgIpc) is 3.19. The predicted octanol–water partition coefficient (Wildman–Crippen LogP) is 5.15. The highest BCUT2D eigenvalue weighted by Gasteiger charge is 2.33. The van der Waals surface area contributed by atoms with Crippen LogP contribution in [0.3, 0.4) is 0 Å². The van der Waals surface area contributed by atoms with Crippen LogP contribution >= 0.6 is 12.4 Å². The molecule has 0 aromatic heterocycles. The van der Waals surface area contributed by atoms with Crippen molar-refractivity contribution in [1.82, 2.24) is 5.32 Å². The summed E-state index contributed by atoms with van der Waals surface area (Å²) in [7, 11) is 0. The van der Waals surface area contributed by atoms with E-state index in [1.165, 1.54) is 5.56 Å². The van der Waals surface area contributed by atoms with Crippen LogP contribution in [0, 0.1) is 12.8 Å². The van der Waals surface area contributed by atoms with E-state index in [0.29, 0.717) is 12.3 Å². The van der Waals surface area contributed by atoms with Gasteiger partial charge < -0.3 is 15.4 Å². The maximum Gasteiger partial charge on any atom is 0.229 e. The number of benzene rings is 3. The minimum Gasteiger partial charge on any atom is -0.457 e. The molecule has 0 bridgehead atoms. The van der Waals surface area contributed by atoms with E-state index in [9.17, 15) is 4.79 Å². The summed E-state index contributed by atoms with van der Waals surface area (Å²) in [6.45, 7) is 3.53. The number of carbonyl (C=O) groups excluding carboxylic acids is 1. The van der Waals surface area contributed by atoms with Crippen LogP contribution in [0.2, 0.25) is 0 Å². The van der Waals surface area contributed by atoms with Gasteiger partial charge >= 0.3 is 0 Å². The number of ether oxygens (including phenoxy) is 1. The number of nitrogens with one attached hydrogen (secondary N) is 2. The Morgan fingerprint density at radius 1 is 0.931 bits per heavy atom. The molecule has 2 N–H and O–H groups in total. The Bertz CT molecular complexity index is 962. The Morgan fingerprint density at radius 3 is 2.41 bits per heavy atom. The molecule has 0 saturated carbocycles. The van der Waals surface area contributed by atoms with Gasteiger partial charge in [0.2, 0.25) is 5.91 Å². The molecule has 1 saturated heterocycles. The summed E-state index contributed by atoms with van der Waals surface area (Å²) in [5, 5.41) is 6.41. The van der Waals surface area contributed by atoms with Gasteiger partial charge in [0.05, 0.1) is 5.92 Å². The van der Waals surface area contributed by atoms with Gasteiger partial charge in [0, 0.05) is 30.8 Å². The molecule has 4 nitrogen and oxygen atoms in total. The van der Waals surface area contributed by atoms with Gasteiger partial charge in [-0.15, -0.1) is 12.4 Å². The van der Waals surface area contributed by atoms with Crippen molar-refractivity contribution in [2.75, 3.05) is 18.4 Å². The van der Waals surface area contributed by atoms with E-state index >= 15 is 0 Å². The zero-order valence-corrected chi connectivity index (χ0v) is 17.1. The SMILES string of the molecule is Cc1cccc(Oc2cccc(NC(=O)[C@H]3CNC[C@@H]3c3ccccc3)c2)c1.Cl. The van der Waals surface area contributed by atoms with Crippen molar-refractivity contribution in [2.24, 2.45) is 5.92 Å². The van der Waals surface area contributed by atoms with Crippen LogP contribution in [0.15, 0.2) is 78.9 Å². The van der Waals surface area contributed by atoms with Crippen LogP contribution in [-0.2, 0) is 4.79 Å². The third-order valence-electron chi connectivity index (χ3n) is 5.11. The van der Waals surface area contributed by atoms with Crippen molar-refractivity contribution < 1.29 is 9.53 Å². The van der Waals surface area contributed by atoms with Gasteiger partial charge in [0.1, 0.15) is 11.5 Å². The predicted molar refractivity (Wildman–Crippen MR) is 119 cm³/mol. The second kappa shape index (κ2) is 9.59. The fraction of sp³-hybridized carbons (Fsp3) is 0.208. The summed E-state index contributed by atoms with van der Waals surface area (Å²) in [6.07, 6.45) is 0. The van der Waals surface area contributed by atoms with E-state index in [1.54, 1.807) is 0 Å². The topological polar surface area (TPSA) is 50.4 Å². The largest absolute Gasteiger partial charge is 0.457 e. The molecule has 0 unspecified atom stereocenters. The van der Waals surface area contributed by atoms with Gasteiger partial charge in [0.25, 0.3) is 0 Å². The molecule has 2 atom stereocenters. The van der Waals surface area contributed by atoms with Crippen LogP contribution in [0.1, 0.15) is 17.0 Å². The zero-order valence-electron chi connectivity index (χ0n) is 16.3. The highest BCUT2D eigenvalue weighted by atomic mass is 35.5. The number of hydrogen-bond donors (Lipinski definition) is 2. The van der Waals surface area contributed by atoms with Crippen LogP contribution < -0.4 is 15.4 Å². The fourth-order valence-electron chi connectivity index (χ4n) is 3.69. The molecule has 5 heteroatoms. The van der Waals surface area contributed by atoms with Gasteiger partial charge in [-0.1, -0.05) is 48.5 Å². The van der Waals surface area contributed by atoms with Crippen molar-refractivity contribution in [2.45, 2.75) is 12.8 Å². The Morgan fingerprint density at radius 2 is 1.66 bits per heavy atom. The first-order chi connectivity index (χ1) is 13.7. The van der Waals surface area contributed by atoms with Gasteiger partial charge in [-0.05, 0) is 42.3 Å². The number of aryl methyl sites for hydroxylation is 1. The first kappa shape index (κ1) is 20.9. The third-order valence-corrected chi connectivity index (χ3v) is 5.11. The number of amides is 1. The molecule has 1 amide bonds. The molecule has 3 aromatic rings. The molecule has 0 radical (unpaired) electrons. The lowest BCUT2D eigenvalue weighted by Crippen LogP contribution is -2.28. The van der Waals surface area contributed by atoms with Gasteiger partial charge in [-0.3, -0.25) is 4.79 Å². The summed E-state index contributed by atoms with van der Waals surface area (Å²) in [5.41, 5.74) is 3.08. The maximum absolute atomic E-state index is 12.9. The van der Waals surface area contributed by atoms with Gasteiger partial charge in [-0.25, -0.2) is 0 Å². The molecule has 150 valence electrons. The van der Waals surface area contributed by atoms with Crippen molar-refractivity contribution in [3.63, 3.8) is 0 Å². The standard InChI is InChI=1S/C24H24N2O2.ClH/c1-17-7-5-11-20(13-17)28-21-12-6-10-19(14-21)26-24(27)23-16-25-15-22(23)18-8-3-2-4-9-18;/h2-14,22-23,25H,15-16H2,1H3,(H,26,27);1H/t22-,23+;/m1./s1. The molecular weight excluding hydrogens is 384 g/mol. The number of rotatable bonds is 5. The first-order valence-electron chi connectivity index (χ1n) is 9.60. The smallest absolute Gasteiger partial charge is 0.229 e. The van der Waals surface area contributed by atoms with Gasteiger partial charge in [0.15, 0.2) is 0 Å². The molecule has 29 heavy (non-hydrogen) atoms. The monoisotopic (exact) mass is 408 g/mol. The Kier molecular flexibility index (Phi) is 6.91. The molecule has 1 heterocycles. The lowest BCUT2D eigenvalue weighted by atomic mass is 9.88. The number of carbonyl (C=O) groups is 1. The van der Waals surface area contributed by atoms with Crippen LogP contribution in [0.5, 0.6) is 11.5 Å². The lowest BCUT2D eigenvalue weighted by molar-refractivity contribution is -0.119. The highest BCUT2D eigenvalue weighted by Crippen LogP contribution is 2.30. The third kappa shape index (κ3) is 5.17. The molecular formula is C24H25ClN2O2. The minimum absolute atomic E-state index is 0. The van der Waals surface area contributed by atoms with Crippen molar-refractivity contribution in [1.29, 1.82) is 0 Å². The molecule has 1 fully saturated rings. The minimum atomic E-state index is -0.0938. The van der Waals surface area contributed by atoms with Crippen molar-refractivity contribution >= 4 is 24.0 Å². The van der Waals surface area contributed by atoms with Gasteiger partial charge in [-0.2, -0.15) is 0 Å². The quantitative estimate of drug-likeness (QED) is 0.613. The van der Waals surface area contributed by atoms with Crippen LogP contribution in [-0.4, -0.2) is 19.0 Å². The summed E-state index contributed by atoms with van der Waals surface area (Å²) in [4.78, 5) is 12.9. The molecule has 1 aliphatic heterocycles. The van der Waals surface area contributed by atoms with E-state index in [4.69, 9.17) is 4.74 Å². The van der Waals surface area contributed by atoms with Crippen molar-refractivity contribution in [3.8, 4) is 11.5 Å². The summed E-state index contributed by atoms with van der Waals surface area (Å²) in [5.74, 6) is 1.61. The average molecular weight is 409 g/mol. The van der Waals surface area contributed by atoms with Crippen LogP contribution in [0.4, 0.5) is 5.69 Å². The fourth-order valence-corrected chi connectivity index (χ4v) is 3.69. The molecule has 0 aliphatic carbocycles. The Hall–Kier alpha value is -2.82. The first-order valence-corrected chi connectivity index (χ1v) is 9.60. The summed E-state index contributed by atoms with van der Waals surface area (Å²) < 4.78 is 5.93. The molecule has 3 aromatic carbocycles. The second-order valence-electron chi connectivity index (χ2n) is 7.22. The lowest BCUT2D eigenvalue weighted by Gasteiger charge is -2.19. The Balaban J connectivity index is 0.00000240. The van der Waals surface area contributed by atoms with E-state index in [2.05, 4.69) is 22.8 Å². The normalized spacial score (nSPS) is 18.0. The molecule has 0 spiro atoms. The zero-order chi connectivity index (χ0) is 19.3. The van der Waals surface area contributed by atoms with E-state index in [-0.39, 0.29) is 30.2 Å². The van der Waals surface area contributed by atoms with E-state index in [1.807, 2.05) is 73.7 Å². The molecule has 1 aliphatic rings. The Labute approximate surface area is 177 Å². The number of anilines is 1. The maximum atomic E-state index is 12.9. The van der Waals surface area contributed by atoms with E-state index < -0.39 is 0 Å². The summed E-state index contributed by atoms with van der Waals surface area (Å²) in [6, 6.07) is 25.7. The van der Waals surface area contributed by atoms with E-state index in [0.717, 1.165) is 23.5 Å².